The van der Waals surface area contributed by atoms with Gasteiger partial charge in [-0.05, 0) is 49.7 Å². The lowest BCUT2D eigenvalue weighted by Crippen LogP contribution is -2.42. The minimum absolute atomic E-state index is 0.0409. The summed E-state index contributed by atoms with van der Waals surface area (Å²) in [7, 11) is 2.13. The molecule has 2 heterocycles. The summed E-state index contributed by atoms with van der Waals surface area (Å²) in [5.41, 5.74) is 0.646. The number of nitrogens with one attached hydrogen (secondary N) is 1. The standard InChI is InChI=1S/C13H19BrN4O2/c1-8-6-10(4-5-17(8)3)16-13-12(14)9(2)11(7-15-13)18(19)20/h7-8,10H,4-6H2,1-3H3,(H,15,16). The Morgan fingerprint density at radius 3 is 2.90 bits per heavy atom. The summed E-state index contributed by atoms with van der Waals surface area (Å²) in [6.07, 6.45) is 3.41. The Bertz CT molecular complexity index is 523. The van der Waals surface area contributed by atoms with Crippen molar-refractivity contribution >= 4 is 27.4 Å². The predicted molar refractivity (Wildman–Crippen MR) is 82.1 cm³/mol. The largest absolute Gasteiger partial charge is 0.366 e. The molecule has 2 atom stereocenters. The average Bonchev–Trinajstić information content (AvgIpc) is 2.39. The van der Waals surface area contributed by atoms with E-state index in [0.717, 1.165) is 19.4 Å². The molecule has 1 aromatic heterocycles. The maximum absolute atomic E-state index is 10.9. The van der Waals surface area contributed by atoms with Crippen LogP contribution in [-0.2, 0) is 0 Å². The van der Waals surface area contributed by atoms with Crippen molar-refractivity contribution in [3.63, 3.8) is 0 Å². The Kier molecular flexibility index (Phi) is 4.59. The quantitative estimate of drug-likeness (QED) is 0.675. The predicted octanol–water partition coefficient (Wildman–Crippen LogP) is 2.96. The number of pyridine rings is 1. The van der Waals surface area contributed by atoms with Crippen LogP contribution in [0.5, 0.6) is 0 Å². The molecule has 1 aromatic rings. The van der Waals surface area contributed by atoms with E-state index in [2.05, 4.69) is 45.1 Å². The highest BCUT2D eigenvalue weighted by Gasteiger charge is 2.24. The SMILES string of the molecule is Cc1c([N+](=O)[O-])cnc(NC2CCN(C)C(C)C2)c1Br. The van der Waals surface area contributed by atoms with E-state index in [1.54, 1.807) is 6.92 Å². The van der Waals surface area contributed by atoms with Gasteiger partial charge in [0.15, 0.2) is 0 Å². The molecule has 0 saturated carbocycles. The second-order valence-electron chi connectivity index (χ2n) is 5.38. The van der Waals surface area contributed by atoms with Crippen LogP contribution in [0.4, 0.5) is 11.5 Å². The Hall–Kier alpha value is -1.21. The number of nitro groups is 1. The number of likely N-dealkylation sites (tertiary alicyclic amines) is 1. The first-order chi connectivity index (χ1) is 9.40. The van der Waals surface area contributed by atoms with E-state index in [1.165, 1.54) is 6.20 Å². The third kappa shape index (κ3) is 3.09. The zero-order valence-corrected chi connectivity index (χ0v) is 13.5. The minimum atomic E-state index is -0.408. The number of hydrogen-bond acceptors (Lipinski definition) is 5. The zero-order chi connectivity index (χ0) is 14.9. The fourth-order valence-electron chi connectivity index (χ4n) is 2.47. The Labute approximate surface area is 126 Å². The maximum Gasteiger partial charge on any atom is 0.291 e. The molecule has 0 aromatic carbocycles. The molecule has 0 aliphatic carbocycles. The normalized spacial score (nSPS) is 23.6. The van der Waals surface area contributed by atoms with Gasteiger partial charge in [0.1, 0.15) is 12.0 Å². The average molecular weight is 343 g/mol. The number of halogens is 1. The van der Waals surface area contributed by atoms with Crippen LogP contribution in [0.2, 0.25) is 0 Å². The van der Waals surface area contributed by atoms with Crippen molar-refractivity contribution in [2.24, 2.45) is 0 Å². The van der Waals surface area contributed by atoms with Gasteiger partial charge < -0.3 is 10.2 Å². The molecule has 1 aliphatic heterocycles. The summed E-state index contributed by atoms with van der Waals surface area (Å²) in [6.45, 7) is 4.98. The van der Waals surface area contributed by atoms with E-state index in [9.17, 15) is 10.1 Å². The number of anilines is 1. The molecule has 6 nitrogen and oxygen atoms in total. The van der Waals surface area contributed by atoms with E-state index < -0.39 is 4.92 Å². The van der Waals surface area contributed by atoms with Gasteiger partial charge in [0, 0.05) is 24.2 Å². The molecule has 2 unspecified atom stereocenters. The fraction of sp³-hybridized carbons (Fsp3) is 0.615. The Morgan fingerprint density at radius 1 is 1.60 bits per heavy atom. The van der Waals surface area contributed by atoms with Gasteiger partial charge in [-0.25, -0.2) is 4.98 Å². The highest BCUT2D eigenvalue weighted by molar-refractivity contribution is 9.10. The molecule has 1 saturated heterocycles. The zero-order valence-electron chi connectivity index (χ0n) is 11.9. The van der Waals surface area contributed by atoms with Gasteiger partial charge in [-0.3, -0.25) is 10.1 Å². The van der Waals surface area contributed by atoms with Crippen LogP contribution in [0.25, 0.3) is 0 Å². The lowest BCUT2D eigenvalue weighted by molar-refractivity contribution is -0.385. The van der Waals surface area contributed by atoms with Gasteiger partial charge >= 0.3 is 0 Å². The van der Waals surface area contributed by atoms with E-state index >= 15 is 0 Å². The molecule has 1 N–H and O–H groups in total. The van der Waals surface area contributed by atoms with Gasteiger partial charge in [0.05, 0.1) is 9.40 Å². The van der Waals surface area contributed by atoms with Gasteiger partial charge in [0.2, 0.25) is 0 Å². The minimum Gasteiger partial charge on any atom is -0.366 e. The monoisotopic (exact) mass is 342 g/mol. The molecule has 2 rings (SSSR count). The first-order valence-electron chi connectivity index (χ1n) is 6.66. The van der Waals surface area contributed by atoms with Crippen molar-refractivity contribution < 1.29 is 4.92 Å². The number of aromatic nitrogens is 1. The van der Waals surface area contributed by atoms with E-state index in [-0.39, 0.29) is 5.69 Å². The van der Waals surface area contributed by atoms with E-state index in [4.69, 9.17) is 0 Å². The van der Waals surface area contributed by atoms with Gasteiger partial charge in [-0.15, -0.1) is 0 Å². The lowest BCUT2D eigenvalue weighted by atomic mass is 9.99. The summed E-state index contributed by atoms with van der Waals surface area (Å²) in [5, 5.41) is 14.3. The summed E-state index contributed by atoms with van der Waals surface area (Å²) in [4.78, 5) is 17.0. The van der Waals surface area contributed by atoms with Crippen LogP contribution in [-0.4, -0.2) is 40.5 Å². The molecule has 20 heavy (non-hydrogen) atoms. The van der Waals surface area contributed by atoms with Crippen LogP contribution in [0.3, 0.4) is 0 Å². The molecule has 0 amide bonds. The van der Waals surface area contributed by atoms with Crippen molar-refractivity contribution in [1.29, 1.82) is 0 Å². The smallest absolute Gasteiger partial charge is 0.291 e. The topological polar surface area (TPSA) is 71.3 Å². The van der Waals surface area contributed by atoms with Gasteiger partial charge in [-0.1, -0.05) is 0 Å². The molecule has 0 radical (unpaired) electrons. The summed E-state index contributed by atoms with van der Waals surface area (Å²) in [6, 6.07) is 0.880. The van der Waals surface area contributed by atoms with Crippen molar-refractivity contribution in [2.75, 3.05) is 18.9 Å². The van der Waals surface area contributed by atoms with Crippen LogP contribution < -0.4 is 5.32 Å². The number of hydrogen-bond donors (Lipinski definition) is 1. The highest BCUT2D eigenvalue weighted by atomic mass is 79.9. The number of piperidine rings is 1. The number of nitrogens with zero attached hydrogens (tertiary/aromatic N) is 3. The Balaban J connectivity index is 2.14. The summed E-state index contributed by atoms with van der Waals surface area (Å²) in [5.74, 6) is 0.690. The second kappa shape index (κ2) is 6.05. The number of rotatable bonds is 3. The maximum atomic E-state index is 10.9. The fourth-order valence-corrected chi connectivity index (χ4v) is 2.89. The van der Waals surface area contributed by atoms with Crippen LogP contribution in [0, 0.1) is 17.0 Å². The van der Waals surface area contributed by atoms with Crippen molar-refractivity contribution in [3.05, 3.63) is 26.3 Å². The van der Waals surface area contributed by atoms with Crippen LogP contribution in [0.15, 0.2) is 10.7 Å². The van der Waals surface area contributed by atoms with Crippen LogP contribution in [0.1, 0.15) is 25.3 Å². The third-order valence-electron chi connectivity index (χ3n) is 3.98. The van der Waals surface area contributed by atoms with Crippen molar-refractivity contribution in [3.8, 4) is 0 Å². The molecule has 0 spiro atoms. The van der Waals surface area contributed by atoms with Crippen molar-refractivity contribution in [1.82, 2.24) is 9.88 Å². The third-order valence-corrected chi connectivity index (χ3v) is 4.95. The van der Waals surface area contributed by atoms with Crippen molar-refractivity contribution in [2.45, 2.75) is 38.8 Å². The Morgan fingerprint density at radius 2 is 2.30 bits per heavy atom. The van der Waals surface area contributed by atoms with E-state index in [0.29, 0.717) is 27.9 Å². The molecule has 110 valence electrons. The molecule has 1 fully saturated rings. The van der Waals surface area contributed by atoms with Gasteiger partial charge in [-0.2, -0.15) is 0 Å². The molecule has 1 aliphatic rings. The lowest BCUT2D eigenvalue weighted by Gasteiger charge is -2.35. The molecule has 7 heteroatoms. The first kappa shape index (κ1) is 15.2. The van der Waals surface area contributed by atoms with Gasteiger partial charge in [0.25, 0.3) is 5.69 Å². The summed E-state index contributed by atoms with van der Waals surface area (Å²) < 4.78 is 0.679. The molecule has 0 bridgehead atoms. The highest BCUT2D eigenvalue weighted by Crippen LogP contribution is 2.31. The second-order valence-corrected chi connectivity index (χ2v) is 6.18. The first-order valence-corrected chi connectivity index (χ1v) is 7.45. The molecular formula is C13H19BrN4O2. The summed E-state index contributed by atoms with van der Waals surface area (Å²) >= 11 is 3.41. The van der Waals surface area contributed by atoms with E-state index in [1.807, 2.05) is 0 Å². The molecular weight excluding hydrogens is 324 g/mol. The van der Waals surface area contributed by atoms with Crippen LogP contribution >= 0.6 is 15.9 Å².